The molecule has 1 heterocycles. The standard InChI is InChI=1S/C11H18N2O/c1-2-13-10(8-11(14)12-13)9-6-4-3-5-7-9/h8-9H,2-7H2,1H3,(H,12,14). The number of rotatable bonds is 2. The normalized spacial score (nSPS) is 18.6. The van der Waals surface area contributed by atoms with Gasteiger partial charge in [-0.3, -0.25) is 14.6 Å². The van der Waals surface area contributed by atoms with Crippen molar-refractivity contribution in [2.24, 2.45) is 0 Å². The molecule has 1 aliphatic carbocycles. The number of aromatic amines is 1. The quantitative estimate of drug-likeness (QED) is 0.770. The number of H-pyrrole nitrogens is 1. The number of aromatic nitrogens is 2. The zero-order chi connectivity index (χ0) is 9.97. The van der Waals surface area contributed by atoms with Gasteiger partial charge in [0.25, 0.3) is 5.56 Å². The van der Waals surface area contributed by atoms with Crippen molar-refractivity contribution >= 4 is 0 Å². The summed E-state index contributed by atoms with van der Waals surface area (Å²) in [6.07, 6.45) is 6.48. The van der Waals surface area contributed by atoms with E-state index in [9.17, 15) is 4.79 Å². The summed E-state index contributed by atoms with van der Waals surface area (Å²) >= 11 is 0. The zero-order valence-corrected chi connectivity index (χ0v) is 8.75. The van der Waals surface area contributed by atoms with Gasteiger partial charge in [-0.25, -0.2) is 0 Å². The molecule has 1 aromatic rings. The number of nitrogens with zero attached hydrogens (tertiary/aromatic N) is 1. The molecule has 1 aliphatic rings. The summed E-state index contributed by atoms with van der Waals surface area (Å²) in [5.74, 6) is 0.614. The van der Waals surface area contributed by atoms with Crippen LogP contribution in [0.3, 0.4) is 0 Å². The van der Waals surface area contributed by atoms with Gasteiger partial charge in [0.15, 0.2) is 0 Å². The molecule has 0 spiro atoms. The van der Waals surface area contributed by atoms with E-state index < -0.39 is 0 Å². The van der Waals surface area contributed by atoms with Crippen molar-refractivity contribution in [1.29, 1.82) is 0 Å². The number of nitrogens with one attached hydrogen (secondary N) is 1. The van der Waals surface area contributed by atoms with Crippen molar-refractivity contribution < 1.29 is 0 Å². The Kier molecular flexibility index (Phi) is 2.75. The lowest BCUT2D eigenvalue weighted by Crippen LogP contribution is -2.11. The van der Waals surface area contributed by atoms with Gasteiger partial charge in [-0.2, -0.15) is 0 Å². The molecule has 3 heteroatoms. The second kappa shape index (κ2) is 4.03. The largest absolute Gasteiger partial charge is 0.289 e. The summed E-state index contributed by atoms with van der Waals surface area (Å²) in [6, 6.07) is 1.78. The Bertz CT molecular complexity index is 344. The second-order valence-electron chi connectivity index (χ2n) is 4.12. The lowest BCUT2D eigenvalue weighted by atomic mass is 9.87. The summed E-state index contributed by atoms with van der Waals surface area (Å²) < 4.78 is 2.00. The third-order valence-electron chi connectivity index (χ3n) is 3.18. The van der Waals surface area contributed by atoms with Gasteiger partial charge in [-0.05, 0) is 19.8 Å². The van der Waals surface area contributed by atoms with Crippen LogP contribution in [0, 0.1) is 0 Å². The van der Waals surface area contributed by atoms with Gasteiger partial charge >= 0.3 is 0 Å². The highest BCUT2D eigenvalue weighted by atomic mass is 16.1. The maximum absolute atomic E-state index is 11.2. The molecule has 14 heavy (non-hydrogen) atoms. The summed E-state index contributed by atoms with van der Waals surface area (Å²) in [6.45, 7) is 2.94. The van der Waals surface area contributed by atoms with Crippen molar-refractivity contribution in [2.45, 2.75) is 51.5 Å². The molecule has 0 amide bonds. The molecule has 0 atom stereocenters. The number of hydrogen-bond donors (Lipinski definition) is 1. The van der Waals surface area contributed by atoms with Gasteiger partial charge in [0.05, 0.1) is 0 Å². The summed E-state index contributed by atoms with van der Waals surface area (Å²) in [5, 5.41) is 2.85. The van der Waals surface area contributed by atoms with E-state index in [4.69, 9.17) is 0 Å². The van der Waals surface area contributed by atoms with Crippen LogP contribution in [0.2, 0.25) is 0 Å². The van der Waals surface area contributed by atoms with Crippen LogP contribution in [-0.2, 0) is 6.54 Å². The minimum atomic E-state index is 0.0485. The molecule has 2 rings (SSSR count). The van der Waals surface area contributed by atoms with Gasteiger partial charge in [0, 0.05) is 24.2 Å². The molecule has 1 fully saturated rings. The molecule has 0 bridgehead atoms. The second-order valence-corrected chi connectivity index (χ2v) is 4.12. The zero-order valence-electron chi connectivity index (χ0n) is 8.75. The smallest absolute Gasteiger partial charge is 0.264 e. The van der Waals surface area contributed by atoms with Crippen LogP contribution in [0.5, 0.6) is 0 Å². The first-order chi connectivity index (χ1) is 6.81. The van der Waals surface area contributed by atoms with E-state index in [1.54, 1.807) is 6.07 Å². The molecule has 0 saturated heterocycles. The highest BCUT2D eigenvalue weighted by Gasteiger charge is 2.19. The van der Waals surface area contributed by atoms with Crippen LogP contribution in [0.15, 0.2) is 10.9 Å². The number of aryl methyl sites for hydroxylation is 1. The Morgan fingerprint density at radius 2 is 2.14 bits per heavy atom. The predicted molar refractivity (Wildman–Crippen MR) is 56.6 cm³/mol. The van der Waals surface area contributed by atoms with Gasteiger partial charge in [0.1, 0.15) is 0 Å². The lowest BCUT2D eigenvalue weighted by Gasteiger charge is -2.22. The fourth-order valence-corrected chi connectivity index (χ4v) is 2.44. The molecule has 78 valence electrons. The molecule has 0 radical (unpaired) electrons. The first-order valence-electron chi connectivity index (χ1n) is 5.61. The third-order valence-corrected chi connectivity index (χ3v) is 3.18. The molecule has 0 unspecified atom stereocenters. The molecule has 0 aliphatic heterocycles. The van der Waals surface area contributed by atoms with E-state index in [0.717, 1.165) is 6.54 Å². The van der Waals surface area contributed by atoms with Crippen molar-refractivity contribution in [3.8, 4) is 0 Å². The average Bonchev–Trinajstić information content (AvgIpc) is 2.61. The van der Waals surface area contributed by atoms with E-state index >= 15 is 0 Å². The molecule has 0 aromatic carbocycles. The number of hydrogen-bond acceptors (Lipinski definition) is 1. The summed E-state index contributed by atoms with van der Waals surface area (Å²) in [4.78, 5) is 11.2. The van der Waals surface area contributed by atoms with Crippen LogP contribution >= 0.6 is 0 Å². The van der Waals surface area contributed by atoms with Crippen molar-refractivity contribution in [2.75, 3.05) is 0 Å². The predicted octanol–water partition coefficient (Wildman–Crippen LogP) is 2.24. The van der Waals surface area contributed by atoms with Crippen molar-refractivity contribution in [1.82, 2.24) is 9.78 Å². The van der Waals surface area contributed by atoms with Gasteiger partial charge in [0.2, 0.25) is 0 Å². The van der Waals surface area contributed by atoms with Crippen LogP contribution < -0.4 is 5.56 Å². The van der Waals surface area contributed by atoms with Crippen molar-refractivity contribution in [3.05, 3.63) is 22.1 Å². The van der Waals surface area contributed by atoms with Gasteiger partial charge < -0.3 is 0 Å². The Morgan fingerprint density at radius 3 is 2.79 bits per heavy atom. The van der Waals surface area contributed by atoms with Crippen molar-refractivity contribution in [3.63, 3.8) is 0 Å². The molecular weight excluding hydrogens is 176 g/mol. The average molecular weight is 194 g/mol. The van der Waals surface area contributed by atoms with E-state index in [0.29, 0.717) is 5.92 Å². The minimum absolute atomic E-state index is 0.0485. The van der Waals surface area contributed by atoms with E-state index in [1.807, 2.05) is 4.68 Å². The summed E-state index contributed by atoms with van der Waals surface area (Å²) in [7, 11) is 0. The van der Waals surface area contributed by atoms with E-state index in [-0.39, 0.29) is 5.56 Å². The van der Waals surface area contributed by atoms with Crippen LogP contribution in [0.4, 0.5) is 0 Å². The highest BCUT2D eigenvalue weighted by molar-refractivity contribution is 5.08. The molecule has 1 saturated carbocycles. The maximum atomic E-state index is 11.2. The Balaban J connectivity index is 2.24. The lowest BCUT2D eigenvalue weighted by molar-refractivity contribution is 0.417. The summed E-state index contributed by atoms with van der Waals surface area (Å²) in [5.41, 5.74) is 1.27. The molecule has 1 N–H and O–H groups in total. The molecular formula is C11H18N2O. The highest BCUT2D eigenvalue weighted by Crippen LogP contribution is 2.31. The van der Waals surface area contributed by atoms with Crippen LogP contribution in [0.1, 0.15) is 50.6 Å². The molecule has 1 aromatic heterocycles. The van der Waals surface area contributed by atoms with E-state index in [2.05, 4.69) is 12.0 Å². The Hall–Kier alpha value is -0.990. The fraction of sp³-hybridized carbons (Fsp3) is 0.727. The maximum Gasteiger partial charge on any atom is 0.264 e. The Labute approximate surface area is 84.1 Å². The molecule has 3 nitrogen and oxygen atoms in total. The third kappa shape index (κ3) is 1.76. The van der Waals surface area contributed by atoms with Gasteiger partial charge in [-0.15, -0.1) is 0 Å². The SMILES string of the molecule is CCn1[nH]c(=O)cc1C1CCCCC1. The van der Waals surface area contributed by atoms with Gasteiger partial charge in [-0.1, -0.05) is 19.3 Å². The fourth-order valence-electron chi connectivity index (χ4n) is 2.44. The topological polar surface area (TPSA) is 37.8 Å². The van der Waals surface area contributed by atoms with E-state index in [1.165, 1.54) is 37.8 Å². The minimum Gasteiger partial charge on any atom is -0.289 e. The van der Waals surface area contributed by atoms with Crippen LogP contribution in [0.25, 0.3) is 0 Å². The van der Waals surface area contributed by atoms with Crippen LogP contribution in [-0.4, -0.2) is 9.78 Å². The Morgan fingerprint density at radius 1 is 1.43 bits per heavy atom. The monoisotopic (exact) mass is 194 g/mol. The first-order valence-corrected chi connectivity index (χ1v) is 5.61. The first kappa shape index (κ1) is 9.56.